The lowest BCUT2D eigenvalue weighted by atomic mass is 10.0. The summed E-state index contributed by atoms with van der Waals surface area (Å²) in [6.07, 6.45) is -7.48. The summed E-state index contributed by atoms with van der Waals surface area (Å²) in [4.78, 5) is 48.4. The third kappa shape index (κ3) is 9.26. The number of aliphatic imine (C=N–C) groups is 1. The van der Waals surface area contributed by atoms with Gasteiger partial charge in [-0.05, 0) is 24.3 Å². The lowest BCUT2D eigenvalue weighted by Gasteiger charge is -2.29. The van der Waals surface area contributed by atoms with Gasteiger partial charge in [-0.25, -0.2) is 31.9 Å². The second-order valence-corrected chi connectivity index (χ2v) is 18.7. The monoisotopic (exact) mass is 919 g/mol. The van der Waals surface area contributed by atoms with Gasteiger partial charge in [0.15, 0.2) is 30.6 Å². The van der Waals surface area contributed by atoms with E-state index in [0.29, 0.717) is 16.5 Å². The highest BCUT2D eigenvalue weighted by molar-refractivity contribution is 7.86. The van der Waals surface area contributed by atoms with Gasteiger partial charge in [0.1, 0.15) is 35.9 Å². The number of nitrogens with two attached hydrogens (primary N) is 2. The highest BCUT2D eigenvalue weighted by Gasteiger charge is 2.48. The van der Waals surface area contributed by atoms with Crippen molar-refractivity contribution >= 4 is 76.9 Å². The van der Waals surface area contributed by atoms with Crippen molar-refractivity contribution in [1.82, 2.24) is 29.4 Å². The summed E-state index contributed by atoms with van der Waals surface area (Å²) in [7, 11) is -11.2. The maximum absolute atomic E-state index is 13.0. The quantitative estimate of drug-likeness (QED) is 0.0422. The Labute approximate surface area is 343 Å². The number of aromatic nitrogens is 6. The van der Waals surface area contributed by atoms with E-state index in [9.17, 15) is 43.6 Å². The number of nitrogen functional groups attached to an aromatic ring is 1. The van der Waals surface area contributed by atoms with Crippen molar-refractivity contribution in [3.05, 3.63) is 64.6 Å². The second kappa shape index (κ2) is 16.7. The lowest BCUT2D eigenvalue weighted by molar-refractivity contribution is -0.745. The molecule has 3 radical (unpaired) electrons. The third-order valence-corrected chi connectivity index (χ3v) is 13.9. The molecule has 2 fully saturated rings. The molecule has 31 heteroatoms. The number of fused-ring (bicyclic) bond motifs is 2. The van der Waals surface area contributed by atoms with Crippen LogP contribution in [0.2, 0.25) is 5.02 Å². The molecule has 1 aromatic carbocycles. The molecule has 3 aliphatic heterocycles. The highest BCUT2D eigenvalue weighted by atomic mass is 35.5. The van der Waals surface area contributed by atoms with Gasteiger partial charge in [-0.15, -0.1) is 0 Å². The van der Waals surface area contributed by atoms with Crippen molar-refractivity contribution in [2.45, 2.75) is 56.6 Å². The largest absolute Gasteiger partial charge is 0.476 e. The van der Waals surface area contributed by atoms with Gasteiger partial charge in [0.05, 0.1) is 38.8 Å². The van der Waals surface area contributed by atoms with Gasteiger partial charge in [0.25, 0.3) is 11.5 Å². The number of phosphoric acid groups is 2. The Morgan fingerprint density at radius 3 is 2.30 bits per heavy atom. The molecule has 0 amide bonds. The van der Waals surface area contributed by atoms with Gasteiger partial charge in [-0.1, -0.05) is 30.1 Å². The summed E-state index contributed by atoms with van der Waals surface area (Å²) in [5.41, 5.74) is 11.5. The van der Waals surface area contributed by atoms with Gasteiger partial charge < -0.3 is 68.2 Å². The van der Waals surface area contributed by atoms with Crippen LogP contribution >= 0.6 is 34.7 Å². The van der Waals surface area contributed by atoms with Gasteiger partial charge in [-0.2, -0.15) is 4.99 Å². The zero-order valence-corrected chi connectivity index (χ0v) is 34.2. The van der Waals surface area contributed by atoms with Crippen LogP contribution in [0.5, 0.6) is 5.75 Å². The van der Waals surface area contributed by atoms with Crippen molar-refractivity contribution in [2.75, 3.05) is 18.9 Å². The van der Waals surface area contributed by atoms with Gasteiger partial charge in [-0.3, -0.25) is 23.4 Å². The molecule has 26 nitrogen and oxygen atoms in total. The average Bonchev–Trinajstić information content (AvgIpc) is 3.88. The van der Waals surface area contributed by atoms with E-state index >= 15 is 0 Å². The first kappa shape index (κ1) is 44.1. The van der Waals surface area contributed by atoms with E-state index in [4.69, 9.17) is 53.9 Å². The first-order chi connectivity index (χ1) is 28.1. The smallest absolute Gasteiger partial charge is 0.461 e. The van der Waals surface area contributed by atoms with Gasteiger partial charge in [0, 0.05) is 10.9 Å². The standard InChI is InChI=1S/C29H35BClN10O16P3/c1-12-20(42)16(54-26(12)41-10-39(11-51-15-5-3-14(31)4-6-15)19-24(41)37-29(33)38-25(19)45)7-52-59(47,48)56-58(30,46)57-60(49,50)53-8-17-21(43)22(44)27(55-17)40-9-34-18-13(2)35-28(32)36-23(18)40/h3-6,9-10,12,16-17,20-22,26-27,42-44H,2,7-8,11H2,1H3,(H7-,32,33,35,36,37,38,45,47,48,49,50)/q-1/p+1/t12-,16-,17?,20+,21-,22-,26?,27-,58?/m1/s1. The topological polar surface area (TPSA) is 366 Å². The normalized spacial score (nSPS) is 28.4. The van der Waals surface area contributed by atoms with E-state index in [1.54, 1.807) is 31.2 Å². The first-order valence-corrected chi connectivity index (χ1v) is 22.3. The SMILES string of the molecule is [B-]P(=O)(OP(=O)(O)OCC1O[C@@H](n2cnc3c2N=C(N)NC3=C)[C@H](O)[C@@H]1O)OP(=O)(O)OC[C@H]1OC([n+]2cn(COc3ccc(Cl)cc3)c3c(=O)[nH]c(N)nc32)[C@H](C)[C@@H]1O. The Morgan fingerprint density at radius 1 is 1.02 bits per heavy atom. The number of rotatable bonds is 15. The zero-order chi connectivity index (χ0) is 43.5. The van der Waals surface area contributed by atoms with E-state index in [1.165, 1.54) is 26.4 Å². The Bertz CT molecular complexity index is 2540. The molecule has 3 aliphatic rings. The molecule has 323 valence electrons. The van der Waals surface area contributed by atoms with Gasteiger partial charge in [0.2, 0.25) is 12.2 Å². The number of imidazole rings is 2. The van der Waals surface area contributed by atoms with Crippen LogP contribution in [0.4, 0.5) is 11.8 Å². The fraction of sp³-hybridized carbons (Fsp3) is 0.414. The number of hydrogen-bond donors (Lipinski definition) is 9. The summed E-state index contributed by atoms with van der Waals surface area (Å²) >= 11 is 5.94. The third-order valence-electron chi connectivity index (χ3n) is 9.24. The molecule has 60 heavy (non-hydrogen) atoms. The Balaban J connectivity index is 0.956. The summed E-state index contributed by atoms with van der Waals surface area (Å²) in [6, 6.07) is 6.44. The lowest BCUT2D eigenvalue weighted by Crippen LogP contribution is -2.43. The number of nitrogens with zero attached hydrogens (tertiary/aromatic N) is 6. The van der Waals surface area contributed by atoms with E-state index in [0.717, 1.165) is 0 Å². The maximum Gasteiger partial charge on any atom is 0.476 e. The molecule has 0 aliphatic carbocycles. The average molecular weight is 920 g/mol. The summed E-state index contributed by atoms with van der Waals surface area (Å²) < 4.78 is 78.1. The van der Waals surface area contributed by atoms with Crippen LogP contribution in [-0.2, 0) is 47.6 Å². The summed E-state index contributed by atoms with van der Waals surface area (Å²) in [5, 5.41) is 35.4. The number of aliphatic hydroxyl groups is 3. The second-order valence-electron chi connectivity index (χ2n) is 13.5. The fourth-order valence-corrected chi connectivity index (χ4v) is 10.3. The fourth-order valence-electron chi connectivity index (χ4n) is 6.48. The van der Waals surface area contributed by atoms with Crippen molar-refractivity contribution in [3.8, 4) is 5.75 Å². The molecule has 6 heterocycles. The minimum Gasteiger partial charge on any atom is -0.461 e. The number of phosphoric ester groups is 2. The van der Waals surface area contributed by atoms with Crippen molar-refractivity contribution in [2.24, 2.45) is 16.6 Å². The number of nitrogens with one attached hydrogen (secondary N) is 2. The minimum atomic E-state index is -5.54. The number of guanidine groups is 1. The molecule has 7 rings (SSSR count). The van der Waals surface area contributed by atoms with Crippen molar-refractivity contribution in [1.29, 1.82) is 0 Å². The van der Waals surface area contributed by atoms with E-state index in [-0.39, 0.29) is 41.3 Å². The van der Waals surface area contributed by atoms with Crippen LogP contribution in [0.25, 0.3) is 16.9 Å². The van der Waals surface area contributed by atoms with Gasteiger partial charge >= 0.3 is 21.3 Å². The summed E-state index contributed by atoms with van der Waals surface area (Å²) in [6.45, 7) is 3.25. The summed E-state index contributed by atoms with van der Waals surface area (Å²) in [5.74, 6) is -0.533. The predicted octanol–water partition coefficient (Wildman–Crippen LogP) is -0.242. The number of anilines is 1. The first-order valence-electron chi connectivity index (χ1n) is 17.3. The van der Waals surface area contributed by atoms with Crippen LogP contribution in [0.3, 0.4) is 0 Å². The molecule has 3 aromatic heterocycles. The Morgan fingerprint density at radius 2 is 1.65 bits per heavy atom. The Hall–Kier alpha value is -4.01. The van der Waals surface area contributed by atoms with Crippen molar-refractivity contribution in [3.63, 3.8) is 0 Å². The van der Waals surface area contributed by atoms with Crippen LogP contribution in [0.1, 0.15) is 25.1 Å². The molecule has 11 atom stereocenters. The number of hydrogen-bond acceptors (Lipinski definition) is 20. The number of H-pyrrole nitrogens is 1. The van der Waals surface area contributed by atoms with E-state index in [1.807, 2.05) is 0 Å². The molecule has 4 aromatic rings. The molecular formula is C29H36BClN10O16P3. The highest BCUT2D eigenvalue weighted by Crippen LogP contribution is 2.67. The molecular weight excluding hydrogens is 884 g/mol. The maximum atomic E-state index is 13.0. The van der Waals surface area contributed by atoms with Crippen LogP contribution in [0, 0.1) is 5.92 Å². The van der Waals surface area contributed by atoms with Crippen molar-refractivity contribution < 1.29 is 75.2 Å². The predicted molar refractivity (Wildman–Crippen MR) is 205 cm³/mol. The number of aliphatic hydroxyl groups excluding tert-OH is 3. The number of ether oxygens (including phenoxy) is 3. The van der Waals surface area contributed by atoms with Crippen LogP contribution < -0.4 is 31.6 Å². The molecule has 11 N–H and O–H groups in total. The molecule has 0 spiro atoms. The Kier molecular flexibility index (Phi) is 12.3. The van der Waals surface area contributed by atoms with Crippen LogP contribution in [0.15, 0.2) is 53.3 Å². The minimum absolute atomic E-state index is 0.0211. The van der Waals surface area contributed by atoms with Crippen LogP contribution in [-0.4, -0.2) is 106 Å². The van der Waals surface area contributed by atoms with E-state index in [2.05, 4.69) is 40.5 Å². The number of aromatic amines is 1. The zero-order valence-electron chi connectivity index (χ0n) is 30.8. The molecule has 2 saturated heterocycles. The molecule has 0 saturated carbocycles. The molecule has 0 bridgehead atoms. The van der Waals surface area contributed by atoms with E-state index < -0.39 is 90.8 Å². The number of benzene rings is 1. The molecule has 5 unspecified atom stereocenters. The number of halogens is 1.